The number of pyridine rings is 1. The highest BCUT2D eigenvalue weighted by molar-refractivity contribution is 6.74. The Bertz CT molecular complexity index is 1370. The van der Waals surface area contributed by atoms with Gasteiger partial charge in [-0.25, -0.2) is 4.79 Å². The first kappa shape index (κ1) is 43.6. The van der Waals surface area contributed by atoms with E-state index in [2.05, 4.69) is 63.8 Å². The minimum Gasteiger partial charge on any atom is -0.457 e. The van der Waals surface area contributed by atoms with Gasteiger partial charge in [-0.2, -0.15) is 0 Å². The number of hydrogen-bond acceptors (Lipinski definition) is 9. The normalized spacial score (nSPS) is 28.0. The molecule has 1 fully saturated rings. The number of nitrogens with zero attached hydrogens (tertiary/aromatic N) is 3. The van der Waals surface area contributed by atoms with Crippen LogP contribution in [0.3, 0.4) is 0 Å². The zero-order valence-electron chi connectivity index (χ0n) is 34.0. The second-order valence-electron chi connectivity index (χ2n) is 16.3. The molecule has 0 saturated carbocycles. The molecule has 3 heterocycles. The molecule has 0 N–H and O–H groups in total. The summed E-state index contributed by atoms with van der Waals surface area (Å²) in [5.74, 6) is -0.446. The van der Waals surface area contributed by atoms with Gasteiger partial charge < -0.3 is 33.2 Å². The van der Waals surface area contributed by atoms with Gasteiger partial charge in [0.25, 0.3) is 0 Å². The van der Waals surface area contributed by atoms with Gasteiger partial charge in [0.05, 0.1) is 12.5 Å². The third kappa shape index (κ3) is 12.9. The van der Waals surface area contributed by atoms with Gasteiger partial charge in [-0.15, -0.1) is 0 Å². The molecule has 2 unspecified atom stereocenters. The summed E-state index contributed by atoms with van der Waals surface area (Å²) in [6.45, 7) is 26.0. The molecule has 11 heteroatoms. The molecule has 1 aromatic heterocycles. The van der Waals surface area contributed by atoms with Crippen molar-refractivity contribution in [1.29, 1.82) is 0 Å². The fourth-order valence-corrected chi connectivity index (χ4v) is 7.67. The summed E-state index contributed by atoms with van der Waals surface area (Å²) in [5, 5.41) is -0.0672. The maximum Gasteiger partial charge on any atom is 0.410 e. The molecule has 1 amide bonds. The highest BCUT2D eigenvalue weighted by Crippen LogP contribution is 2.39. The number of rotatable bonds is 11. The Morgan fingerprint density at radius 2 is 1.85 bits per heavy atom. The van der Waals surface area contributed by atoms with Crippen molar-refractivity contribution in [2.45, 2.75) is 136 Å². The first-order valence-corrected chi connectivity index (χ1v) is 22.0. The minimum atomic E-state index is -2.29. The number of piperazine rings is 1. The molecule has 1 saturated heterocycles. The second-order valence-corrected chi connectivity index (χ2v) is 21.0. The Balaban J connectivity index is 2.05. The molecule has 2 aliphatic rings. The fraction of sp³-hybridized carbons (Fsp3) is 0.683. The van der Waals surface area contributed by atoms with Gasteiger partial charge in [-0.3, -0.25) is 9.78 Å². The van der Waals surface area contributed by atoms with Gasteiger partial charge in [0.15, 0.2) is 20.7 Å². The molecular formula is C41H67N3O7Si. The lowest BCUT2D eigenvalue weighted by molar-refractivity contribution is -0.222. The lowest BCUT2D eigenvalue weighted by Gasteiger charge is -2.42. The van der Waals surface area contributed by atoms with Crippen molar-refractivity contribution >= 4 is 20.4 Å². The first-order chi connectivity index (χ1) is 24.3. The lowest BCUT2D eigenvalue weighted by atomic mass is 9.88. The highest BCUT2D eigenvalue weighted by atomic mass is 28.4. The standard InChI is InChI=1S/C41H67N3O7Si/c1-13-47-33(5)50-41(9)23-22-34(51-52(11,12)40(6,7)8)29-37(45)49-38(31(3)18-16-17-30(2)35-19-14-15-24-42-35)32(4)20-21-36(41)48-39(46)44-27-25-43(10)26-28-44/h14-21,24,30,32-34,36,38H,13,22-23,25-29H2,1-12H3/b17-16+,21-20+,31-18+/t30?,32-,33?,34+,36-,38+,41+/m0/s1. The number of aromatic nitrogens is 1. The molecule has 0 bridgehead atoms. The maximum atomic E-state index is 13.8. The summed E-state index contributed by atoms with van der Waals surface area (Å²) < 4.78 is 32.1. The van der Waals surface area contributed by atoms with Crippen LogP contribution < -0.4 is 0 Å². The van der Waals surface area contributed by atoms with Crippen LogP contribution in [-0.4, -0.2) is 105 Å². The Morgan fingerprint density at radius 3 is 2.46 bits per heavy atom. The average molecular weight is 742 g/mol. The summed E-state index contributed by atoms with van der Waals surface area (Å²) in [7, 11) is -0.238. The monoisotopic (exact) mass is 741 g/mol. The van der Waals surface area contributed by atoms with Gasteiger partial charge in [-0.1, -0.05) is 65.0 Å². The molecule has 0 radical (unpaired) electrons. The van der Waals surface area contributed by atoms with E-state index < -0.39 is 38.5 Å². The lowest BCUT2D eigenvalue weighted by Crippen LogP contribution is -2.52. The molecule has 0 aromatic carbocycles. The third-order valence-corrected chi connectivity index (χ3v) is 15.3. The van der Waals surface area contributed by atoms with Crippen molar-refractivity contribution in [3.8, 4) is 0 Å². The average Bonchev–Trinajstić information content (AvgIpc) is 3.07. The zero-order valence-corrected chi connectivity index (χ0v) is 35.0. The SMILES string of the molecule is CCOC(C)O[C@]1(C)CC[C@@H](O[Si](C)(C)C(C)(C)C)CC(=O)O[C@H](/C(C)=C/C=C/C(C)c2ccccn2)[C@@H](C)/C=C/[C@@H]1OC(=O)N1CCN(C)CC1. The highest BCUT2D eigenvalue weighted by Gasteiger charge is 2.44. The summed E-state index contributed by atoms with van der Waals surface area (Å²) >= 11 is 0. The van der Waals surface area contributed by atoms with Gasteiger partial charge in [-0.05, 0) is 89.5 Å². The molecular weight excluding hydrogens is 675 g/mol. The Labute approximate surface area is 315 Å². The second kappa shape index (κ2) is 19.5. The van der Waals surface area contributed by atoms with E-state index in [9.17, 15) is 9.59 Å². The van der Waals surface area contributed by atoms with Gasteiger partial charge >= 0.3 is 12.1 Å². The summed E-state index contributed by atoms with van der Waals surface area (Å²) in [5.41, 5.74) is 0.881. The molecule has 0 spiro atoms. The van der Waals surface area contributed by atoms with Crippen LogP contribution in [0.25, 0.3) is 0 Å². The van der Waals surface area contributed by atoms with Crippen LogP contribution in [0.1, 0.15) is 93.2 Å². The smallest absolute Gasteiger partial charge is 0.410 e. The zero-order chi connectivity index (χ0) is 38.7. The molecule has 0 aliphatic carbocycles. The van der Waals surface area contributed by atoms with Crippen LogP contribution in [0.4, 0.5) is 4.79 Å². The quantitative estimate of drug-likeness (QED) is 0.0730. The van der Waals surface area contributed by atoms with Crippen LogP contribution in [0.2, 0.25) is 18.1 Å². The van der Waals surface area contributed by atoms with E-state index in [1.165, 1.54) is 0 Å². The molecule has 52 heavy (non-hydrogen) atoms. The predicted molar refractivity (Wildman–Crippen MR) is 210 cm³/mol. The van der Waals surface area contributed by atoms with Crippen LogP contribution >= 0.6 is 0 Å². The molecule has 7 atom stereocenters. The van der Waals surface area contributed by atoms with E-state index in [1.807, 2.05) is 77.1 Å². The number of esters is 1. The molecule has 2 aliphatic heterocycles. The van der Waals surface area contributed by atoms with Crippen molar-refractivity contribution in [3.05, 3.63) is 66.0 Å². The van der Waals surface area contributed by atoms with E-state index >= 15 is 0 Å². The van der Waals surface area contributed by atoms with Crippen molar-refractivity contribution in [2.24, 2.45) is 5.92 Å². The predicted octanol–water partition coefficient (Wildman–Crippen LogP) is 8.28. The van der Waals surface area contributed by atoms with E-state index in [1.54, 1.807) is 11.1 Å². The molecule has 10 nitrogen and oxygen atoms in total. The first-order valence-electron chi connectivity index (χ1n) is 19.1. The Kier molecular flexibility index (Phi) is 16.3. The number of amides is 1. The molecule has 292 valence electrons. The van der Waals surface area contributed by atoms with Crippen molar-refractivity contribution in [2.75, 3.05) is 39.8 Å². The summed E-state index contributed by atoms with van der Waals surface area (Å²) in [6.07, 6.45) is 10.2. The van der Waals surface area contributed by atoms with Gasteiger partial charge in [0.1, 0.15) is 11.7 Å². The number of carbonyl (C=O) groups excluding carboxylic acids is 2. The number of cyclic esters (lactones) is 1. The van der Waals surface area contributed by atoms with Crippen LogP contribution in [-0.2, 0) is 28.2 Å². The Hall–Kier alpha value is -2.83. The Morgan fingerprint density at radius 1 is 1.15 bits per heavy atom. The molecule has 1 aromatic rings. The number of likely N-dealkylation sites (N-methyl/N-ethyl adjacent to an activating group) is 1. The fourth-order valence-electron chi connectivity index (χ4n) is 6.28. The third-order valence-electron chi connectivity index (χ3n) is 10.7. The van der Waals surface area contributed by atoms with E-state index in [0.29, 0.717) is 32.5 Å². The van der Waals surface area contributed by atoms with Crippen LogP contribution in [0.15, 0.2) is 60.3 Å². The van der Waals surface area contributed by atoms with Crippen molar-refractivity contribution < 1.29 is 33.0 Å². The van der Waals surface area contributed by atoms with E-state index in [0.717, 1.165) is 24.4 Å². The van der Waals surface area contributed by atoms with Crippen LogP contribution in [0, 0.1) is 5.92 Å². The number of ether oxygens (including phenoxy) is 4. The van der Waals surface area contributed by atoms with Crippen LogP contribution in [0.5, 0.6) is 0 Å². The van der Waals surface area contributed by atoms with E-state index in [-0.39, 0.29) is 35.4 Å². The largest absolute Gasteiger partial charge is 0.457 e. The number of hydrogen-bond donors (Lipinski definition) is 0. The maximum absolute atomic E-state index is 13.8. The van der Waals surface area contributed by atoms with Crippen molar-refractivity contribution in [1.82, 2.24) is 14.8 Å². The topological polar surface area (TPSA) is 99.7 Å². The summed E-state index contributed by atoms with van der Waals surface area (Å²) in [6, 6.07) is 5.90. The number of allylic oxidation sites excluding steroid dienone is 3. The van der Waals surface area contributed by atoms with Gasteiger partial charge in [0, 0.05) is 56.5 Å². The van der Waals surface area contributed by atoms with Gasteiger partial charge in [0.2, 0.25) is 0 Å². The van der Waals surface area contributed by atoms with E-state index in [4.69, 9.17) is 23.4 Å². The number of carbonyl (C=O) groups is 2. The van der Waals surface area contributed by atoms with Crippen molar-refractivity contribution in [3.63, 3.8) is 0 Å². The minimum absolute atomic E-state index is 0.0672. The summed E-state index contributed by atoms with van der Waals surface area (Å²) in [4.78, 5) is 36.0. The molecule has 3 rings (SSSR count).